The summed E-state index contributed by atoms with van der Waals surface area (Å²) in [5, 5.41) is 5.55. The minimum Gasteiger partial charge on any atom is -0.494 e. The molecule has 2 aliphatic rings. The van der Waals surface area contributed by atoms with Crippen LogP contribution in [0.3, 0.4) is 0 Å². The number of benzene rings is 1. The van der Waals surface area contributed by atoms with Gasteiger partial charge in [0.2, 0.25) is 0 Å². The molecule has 0 radical (unpaired) electrons. The summed E-state index contributed by atoms with van der Waals surface area (Å²) in [5.41, 5.74) is 1.78. The zero-order chi connectivity index (χ0) is 19.2. The van der Waals surface area contributed by atoms with Gasteiger partial charge in [0, 0.05) is 5.70 Å². The summed E-state index contributed by atoms with van der Waals surface area (Å²) in [5.74, 6) is 0.343. The Labute approximate surface area is 160 Å². The van der Waals surface area contributed by atoms with Crippen LogP contribution >= 0.6 is 0 Å². The fourth-order valence-corrected chi connectivity index (χ4v) is 3.74. The minimum atomic E-state index is -0.558. The summed E-state index contributed by atoms with van der Waals surface area (Å²) < 4.78 is 11.4. The average molecular weight is 372 g/mol. The van der Waals surface area contributed by atoms with Crippen LogP contribution in [0.4, 0.5) is 4.79 Å². The Morgan fingerprint density at radius 1 is 1.19 bits per heavy atom. The van der Waals surface area contributed by atoms with Gasteiger partial charge in [0.1, 0.15) is 11.9 Å². The van der Waals surface area contributed by atoms with Crippen LogP contribution < -0.4 is 15.4 Å². The molecule has 1 saturated carbocycles. The third-order valence-electron chi connectivity index (χ3n) is 5.07. The van der Waals surface area contributed by atoms with Crippen molar-refractivity contribution in [1.29, 1.82) is 0 Å². The first kappa shape index (κ1) is 19.3. The van der Waals surface area contributed by atoms with Gasteiger partial charge >= 0.3 is 12.0 Å². The van der Waals surface area contributed by atoms with Gasteiger partial charge in [-0.1, -0.05) is 25.0 Å². The molecular weight excluding hydrogens is 344 g/mol. The molecule has 1 aliphatic carbocycles. The number of urea groups is 1. The van der Waals surface area contributed by atoms with Gasteiger partial charge in [-0.15, -0.1) is 0 Å². The van der Waals surface area contributed by atoms with Crippen LogP contribution in [-0.4, -0.2) is 24.7 Å². The smallest absolute Gasteiger partial charge is 0.338 e. The summed E-state index contributed by atoms with van der Waals surface area (Å²) in [7, 11) is 0. The van der Waals surface area contributed by atoms with Crippen molar-refractivity contribution in [1.82, 2.24) is 10.6 Å². The number of carbonyl (C=O) groups is 2. The standard InChI is InChI=1S/C21H28N2O4/c1-3-26-17-12-8-9-15(13-17)19-18(14(2)22-21(25)23-19)20(24)27-16-10-6-4-5-7-11-16/h8-9,12-13,16,19H,3-7,10-11H2,1-2H3,(H2,22,23,25). The number of hydrogen-bond donors (Lipinski definition) is 2. The maximum atomic E-state index is 13.0. The molecule has 1 heterocycles. The third kappa shape index (κ3) is 4.81. The van der Waals surface area contributed by atoms with E-state index < -0.39 is 6.04 Å². The second kappa shape index (κ2) is 8.93. The van der Waals surface area contributed by atoms with Gasteiger partial charge in [-0.3, -0.25) is 0 Å². The maximum Gasteiger partial charge on any atom is 0.338 e. The van der Waals surface area contributed by atoms with Crippen molar-refractivity contribution in [3.05, 3.63) is 41.1 Å². The van der Waals surface area contributed by atoms with E-state index in [1.165, 1.54) is 12.8 Å². The summed E-state index contributed by atoms with van der Waals surface area (Å²) in [6.07, 6.45) is 6.33. The topological polar surface area (TPSA) is 76.7 Å². The van der Waals surface area contributed by atoms with Crippen molar-refractivity contribution >= 4 is 12.0 Å². The van der Waals surface area contributed by atoms with Gasteiger partial charge in [-0.25, -0.2) is 9.59 Å². The quantitative estimate of drug-likeness (QED) is 0.605. The molecular formula is C21H28N2O4. The zero-order valence-electron chi connectivity index (χ0n) is 16.0. The molecule has 0 bridgehead atoms. The highest BCUT2D eigenvalue weighted by molar-refractivity contribution is 5.95. The predicted molar refractivity (Wildman–Crippen MR) is 102 cm³/mol. The Morgan fingerprint density at radius 3 is 2.63 bits per heavy atom. The molecule has 1 unspecified atom stereocenters. The highest BCUT2D eigenvalue weighted by atomic mass is 16.5. The molecule has 1 atom stereocenters. The molecule has 146 valence electrons. The van der Waals surface area contributed by atoms with Crippen LogP contribution in [0.2, 0.25) is 0 Å². The normalized spacial score (nSPS) is 21.1. The van der Waals surface area contributed by atoms with Crippen molar-refractivity contribution < 1.29 is 19.1 Å². The molecule has 1 fully saturated rings. The van der Waals surface area contributed by atoms with Crippen molar-refractivity contribution in [2.45, 2.75) is 64.5 Å². The van der Waals surface area contributed by atoms with Crippen LogP contribution in [0, 0.1) is 0 Å². The number of amides is 2. The summed E-state index contributed by atoms with van der Waals surface area (Å²) in [4.78, 5) is 25.0. The third-order valence-corrected chi connectivity index (χ3v) is 5.07. The van der Waals surface area contributed by atoms with Crippen LogP contribution in [0.1, 0.15) is 64.0 Å². The monoisotopic (exact) mass is 372 g/mol. The van der Waals surface area contributed by atoms with Crippen molar-refractivity contribution in [3.8, 4) is 5.75 Å². The number of rotatable bonds is 5. The van der Waals surface area contributed by atoms with E-state index in [1.807, 2.05) is 31.2 Å². The number of carbonyl (C=O) groups excluding carboxylic acids is 2. The highest BCUT2D eigenvalue weighted by Crippen LogP contribution is 2.31. The highest BCUT2D eigenvalue weighted by Gasteiger charge is 2.33. The molecule has 0 aromatic heterocycles. The Morgan fingerprint density at radius 2 is 1.93 bits per heavy atom. The number of allylic oxidation sites excluding steroid dienone is 1. The first-order valence-corrected chi connectivity index (χ1v) is 9.80. The lowest BCUT2D eigenvalue weighted by Crippen LogP contribution is -2.45. The van der Waals surface area contributed by atoms with Crippen molar-refractivity contribution in [2.24, 2.45) is 0 Å². The second-order valence-corrected chi connectivity index (χ2v) is 7.09. The molecule has 1 aromatic rings. The Kier molecular flexibility index (Phi) is 6.37. The van der Waals surface area contributed by atoms with Gasteiger partial charge in [0.05, 0.1) is 18.2 Å². The number of esters is 1. The summed E-state index contributed by atoms with van der Waals surface area (Å²) >= 11 is 0. The van der Waals surface area contributed by atoms with E-state index >= 15 is 0 Å². The molecule has 27 heavy (non-hydrogen) atoms. The molecule has 3 rings (SSSR count). The Balaban J connectivity index is 1.85. The van der Waals surface area contributed by atoms with E-state index in [0.717, 1.165) is 31.2 Å². The molecule has 1 aliphatic heterocycles. The van der Waals surface area contributed by atoms with Gasteiger partial charge in [0.25, 0.3) is 0 Å². The molecule has 6 heteroatoms. The average Bonchev–Trinajstić information content (AvgIpc) is 2.90. The largest absolute Gasteiger partial charge is 0.494 e. The fourth-order valence-electron chi connectivity index (χ4n) is 3.74. The van der Waals surface area contributed by atoms with Crippen LogP contribution in [0.25, 0.3) is 0 Å². The van der Waals surface area contributed by atoms with E-state index in [2.05, 4.69) is 10.6 Å². The van der Waals surface area contributed by atoms with Crippen LogP contribution in [0.5, 0.6) is 5.75 Å². The molecule has 1 aromatic carbocycles. The minimum absolute atomic E-state index is 0.0478. The van der Waals surface area contributed by atoms with E-state index in [4.69, 9.17) is 9.47 Å². The van der Waals surface area contributed by atoms with E-state index in [9.17, 15) is 9.59 Å². The first-order valence-electron chi connectivity index (χ1n) is 9.80. The Hall–Kier alpha value is -2.50. The van der Waals surface area contributed by atoms with Crippen LogP contribution in [-0.2, 0) is 9.53 Å². The fraction of sp³-hybridized carbons (Fsp3) is 0.524. The summed E-state index contributed by atoms with van der Waals surface area (Å²) in [6.45, 7) is 4.20. The van der Waals surface area contributed by atoms with Crippen molar-refractivity contribution in [2.75, 3.05) is 6.61 Å². The lowest BCUT2D eigenvalue weighted by molar-refractivity contribution is -0.145. The van der Waals surface area contributed by atoms with E-state index in [0.29, 0.717) is 23.6 Å². The second-order valence-electron chi connectivity index (χ2n) is 7.09. The SMILES string of the molecule is CCOc1cccc(C2NC(=O)NC(C)=C2C(=O)OC2CCCCCC2)c1. The van der Waals surface area contributed by atoms with Gasteiger partial charge in [-0.2, -0.15) is 0 Å². The predicted octanol–water partition coefficient (Wildman–Crippen LogP) is 3.98. The molecule has 2 amide bonds. The van der Waals surface area contributed by atoms with Gasteiger partial charge < -0.3 is 20.1 Å². The number of nitrogens with one attached hydrogen (secondary N) is 2. The molecule has 2 N–H and O–H groups in total. The van der Waals surface area contributed by atoms with Crippen molar-refractivity contribution in [3.63, 3.8) is 0 Å². The van der Waals surface area contributed by atoms with E-state index in [-0.39, 0.29) is 18.1 Å². The van der Waals surface area contributed by atoms with Gasteiger partial charge in [0.15, 0.2) is 0 Å². The molecule has 0 spiro atoms. The first-order chi connectivity index (χ1) is 13.1. The summed E-state index contributed by atoms with van der Waals surface area (Å²) in [6, 6.07) is 6.56. The molecule has 0 saturated heterocycles. The van der Waals surface area contributed by atoms with Gasteiger partial charge in [-0.05, 0) is 57.2 Å². The lowest BCUT2D eigenvalue weighted by Gasteiger charge is -2.29. The van der Waals surface area contributed by atoms with Crippen LogP contribution in [0.15, 0.2) is 35.5 Å². The Bertz CT molecular complexity index is 721. The van der Waals surface area contributed by atoms with E-state index in [1.54, 1.807) is 6.92 Å². The molecule has 6 nitrogen and oxygen atoms in total. The maximum absolute atomic E-state index is 13.0. The lowest BCUT2D eigenvalue weighted by atomic mass is 9.95. The number of hydrogen-bond acceptors (Lipinski definition) is 4. The number of ether oxygens (including phenoxy) is 2. The zero-order valence-corrected chi connectivity index (χ0v) is 16.0.